The second kappa shape index (κ2) is 8.64. The highest BCUT2D eigenvalue weighted by Crippen LogP contribution is 2.35. The molecule has 35 heavy (non-hydrogen) atoms. The van der Waals surface area contributed by atoms with Crippen molar-refractivity contribution in [3.05, 3.63) is 77.0 Å². The lowest BCUT2D eigenvalue weighted by Gasteiger charge is -2.12. The summed E-state index contributed by atoms with van der Waals surface area (Å²) in [5.74, 6) is -0.627. The Morgan fingerprint density at radius 2 is 1.89 bits per heavy atom. The molecule has 0 spiro atoms. The van der Waals surface area contributed by atoms with Crippen LogP contribution < -0.4 is 20.1 Å². The van der Waals surface area contributed by atoms with E-state index in [2.05, 4.69) is 10.6 Å². The minimum atomic E-state index is -0.727. The molecule has 0 unspecified atom stereocenters. The van der Waals surface area contributed by atoms with Crippen molar-refractivity contribution in [1.82, 2.24) is 14.8 Å². The van der Waals surface area contributed by atoms with E-state index in [0.717, 1.165) is 27.5 Å². The number of nitrogens with one attached hydrogen (secondary N) is 2. The Hall–Kier alpha value is -4.60. The minimum Gasteiger partial charge on any atom is -0.454 e. The van der Waals surface area contributed by atoms with E-state index in [-0.39, 0.29) is 18.2 Å². The van der Waals surface area contributed by atoms with Crippen LogP contribution in [0.15, 0.2) is 54.2 Å². The zero-order valence-corrected chi connectivity index (χ0v) is 18.9. The number of aromatic nitrogens is 1. The van der Waals surface area contributed by atoms with E-state index in [4.69, 9.17) is 9.47 Å². The van der Waals surface area contributed by atoms with Crippen LogP contribution in [0.5, 0.6) is 11.5 Å². The second-order valence-corrected chi connectivity index (χ2v) is 8.11. The number of fused-ring (bicyclic) bond motifs is 1. The van der Waals surface area contributed by atoms with Gasteiger partial charge < -0.3 is 24.7 Å². The number of imide groups is 1. The van der Waals surface area contributed by atoms with Crippen LogP contribution in [0.2, 0.25) is 0 Å². The number of amides is 4. The van der Waals surface area contributed by atoms with Crippen LogP contribution in [0.25, 0.3) is 11.8 Å². The molecule has 0 saturated carbocycles. The Bertz CT molecular complexity index is 1410. The van der Waals surface area contributed by atoms with Crippen molar-refractivity contribution < 1.29 is 28.2 Å². The van der Waals surface area contributed by atoms with Gasteiger partial charge in [0.25, 0.3) is 5.91 Å². The topological polar surface area (TPSA) is 102 Å². The molecule has 4 amide bonds. The first-order valence-corrected chi connectivity index (χ1v) is 10.8. The first-order chi connectivity index (χ1) is 16.8. The molecule has 1 aromatic heterocycles. The van der Waals surface area contributed by atoms with Crippen LogP contribution in [0.4, 0.5) is 14.9 Å². The van der Waals surface area contributed by atoms with Crippen molar-refractivity contribution in [2.75, 3.05) is 18.7 Å². The van der Waals surface area contributed by atoms with Gasteiger partial charge in [0.2, 0.25) is 12.7 Å². The maximum atomic E-state index is 13.8. The molecule has 2 aromatic carbocycles. The Balaban J connectivity index is 1.35. The highest BCUT2D eigenvalue weighted by atomic mass is 19.1. The monoisotopic (exact) mass is 476 g/mol. The number of hydrogen-bond donors (Lipinski definition) is 2. The summed E-state index contributed by atoms with van der Waals surface area (Å²) in [7, 11) is 0. The molecular formula is C25H21FN4O5. The Morgan fingerprint density at radius 1 is 1.11 bits per heavy atom. The van der Waals surface area contributed by atoms with Gasteiger partial charge in [-0.1, -0.05) is 12.1 Å². The average molecular weight is 476 g/mol. The van der Waals surface area contributed by atoms with Crippen molar-refractivity contribution >= 4 is 29.6 Å². The lowest BCUT2D eigenvalue weighted by Crippen LogP contribution is -2.38. The molecule has 0 radical (unpaired) electrons. The maximum absolute atomic E-state index is 13.8. The van der Waals surface area contributed by atoms with Gasteiger partial charge in [-0.25, -0.2) is 14.1 Å². The average Bonchev–Trinajstić information content (AvgIpc) is 3.48. The summed E-state index contributed by atoms with van der Waals surface area (Å²) in [4.78, 5) is 38.4. The summed E-state index contributed by atoms with van der Waals surface area (Å²) < 4.78 is 26.6. The van der Waals surface area contributed by atoms with Crippen LogP contribution >= 0.6 is 0 Å². The molecule has 9 nitrogen and oxygen atoms in total. The first kappa shape index (κ1) is 22.2. The Labute approximate surface area is 199 Å². The van der Waals surface area contributed by atoms with Crippen molar-refractivity contribution in [3.8, 4) is 17.2 Å². The lowest BCUT2D eigenvalue weighted by molar-refractivity contribution is -0.127. The van der Waals surface area contributed by atoms with E-state index in [1.807, 2.05) is 42.7 Å². The summed E-state index contributed by atoms with van der Waals surface area (Å²) in [5.41, 5.74) is 3.34. The Kier molecular flexibility index (Phi) is 5.48. The number of urea groups is 1. The number of halogens is 1. The largest absolute Gasteiger partial charge is 0.454 e. The van der Waals surface area contributed by atoms with Crippen LogP contribution in [-0.2, 0) is 9.59 Å². The van der Waals surface area contributed by atoms with Crippen molar-refractivity contribution in [2.45, 2.75) is 13.8 Å². The second-order valence-electron chi connectivity index (χ2n) is 8.11. The number of carbonyl (C=O) groups is 3. The summed E-state index contributed by atoms with van der Waals surface area (Å²) in [5, 5.41) is 4.88. The lowest BCUT2D eigenvalue weighted by atomic mass is 10.2. The summed E-state index contributed by atoms with van der Waals surface area (Å²) >= 11 is 0. The molecule has 1 fully saturated rings. The number of carbonyl (C=O) groups excluding carboxylic acids is 3. The molecule has 3 heterocycles. The quantitative estimate of drug-likeness (QED) is 0.434. The predicted molar refractivity (Wildman–Crippen MR) is 125 cm³/mol. The summed E-state index contributed by atoms with van der Waals surface area (Å²) in [6.07, 6.45) is 1.57. The SMILES string of the molecule is Cc1cc(/C=C2/NC(=O)N(CC(=O)Nc3ccccc3F)C2=O)c(C)n1-c1ccc2c(c1)OCO2. The Morgan fingerprint density at radius 3 is 2.69 bits per heavy atom. The molecule has 10 heteroatoms. The molecule has 2 N–H and O–H groups in total. The third kappa shape index (κ3) is 4.10. The fourth-order valence-corrected chi connectivity index (χ4v) is 4.12. The fraction of sp³-hybridized carbons (Fsp3) is 0.160. The molecular weight excluding hydrogens is 455 g/mol. The number of rotatable bonds is 5. The number of ether oxygens (including phenoxy) is 2. The van der Waals surface area contributed by atoms with Crippen LogP contribution in [0.1, 0.15) is 17.0 Å². The van der Waals surface area contributed by atoms with E-state index in [9.17, 15) is 18.8 Å². The third-order valence-corrected chi connectivity index (χ3v) is 5.80. The molecule has 5 rings (SSSR count). The number of benzene rings is 2. The molecule has 2 aliphatic rings. The zero-order valence-electron chi connectivity index (χ0n) is 18.9. The summed E-state index contributed by atoms with van der Waals surface area (Å²) in [6.45, 7) is 3.45. The van der Waals surface area contributed by atoms with E-state index >= 15 is 0 Å². The van der Waals surface area contributed by atoms with Gasteiger partial charge in [-0.2, -0.15) is 0 Å². The van der Waals surface area contributed by atoms with Crippen LogP contribution in [0, 0.1) is 19.7 Å². The van der Waals surface area contributed by atoms with Gasteiger partial charge >= 0.3 is 6.03 Å². The van der Waals surface area contributed by atoms with Gasteiger partial charge in [0.15, 0.2) is 11.5 Å². The normalized spacial score (nSPS) is 15.6. The van der Waals surface area contributed by atoms with E-state index in [1.165, 1.54) is 18.2 Å². The zero-order chi connectivity index (χ0) is 24.7. The van der Waals surface area contributed by atoms with Gasteiger partial charge in [0, 0.05) is 23.1 Å². The van der Waals surface area contributed by atoms with Crippen molar-refractivity contribution in [3.63, 3.8) is 0 Å². The highest BCUT2D eigenvalue weighted by molar-refractivity contribution is 6.16. The van der Waals surface area contributed by atoms with E-state index < -0.39 is 30.2 Å². The number of anilines is 1. The number of para-hydroxylation sites is 1. The maximum Gasteiger partial charge on any atom is 0.329 e. The molecule has 0 atom stereocenters. The van der Waals surface area contributed by atoms with Crippen LogP contribution in [-0.4, -0.2) is 40.7 Å². The third-order valence-electron chi connectivity index (χ3n) is 5.80. The predicted octanol–water partition coefficient (Wildman–Crippen LogP) is 3.49. The van der Waals surface area contributed by atoms with Gasteiger partial charge in [-0.15, -0.1) is 0 Å². The molecule has 0 aliphatic carbocycles. The molecule has 178 valence electrons. The molecule has 1 saturated heterocycles. The summed E-state index contributed by atoms with van der Waals surface area (Å²) in [6, 6.07) is 12.4. The van der Waals surface area contributed by atoms with Crippen molar-refractivity contribution in [2.24, 2.45) is 0 Å². The van der Waals surface area contributed by atoms with E-state index in [1.54, 1.807) is 12.1 Å². The van der Waals surface area contributed by atoms with E-state index in [0.29, 0.717) is 11.5 Å². The highest BCUT2D eigenvalue weighted by Gasteiger charge is 2.35. The van der Waals surface area contributed by atoms with Gasteiger partial charge in [0.05, 0.1) is 5.69 Å². The first-order valence-electron chi connectivity index (χ1n) is 10.8. The van der Waals surface area contributed by atoms with Gasteiger partial charge in [-0.05, 0) is 55.8 Å². The van der Waals surface area contributed by atoms with Crippen molar-refractivity contribution in [1.29, 1.82) is 0 Å². The molecule has 2 aliphatic heterocycles. The standard InChI is InChI=1S/C25H21FN4O5/c1-14-9-16(15(2)30(14)17-7-8-21-22(11-17)35-13-34-21)10-20-24(32)29(25(33)28-20)12-23(31)27-19-6-4-3-5-18(19)26/h3-11H,12-13H2,1-2H3,(H,27,31)(H,28,33)/b20-10+. The number of nitrogens with zero attached hydrogens (tertiary/aromatic N) is 2. The molecule has 0 bridgehead atoms. The number of hydrogen-bond acceptors (Lipinski definition) is 5. The minimum absolute atomic E-state index is 0.0312. The van der Waals surface area contributed by atoms with Gasteiger partial charge in [0.1, 0.15) is 18.1 Å². The smallest absolute Gasteiger partial charge is 0.329 e. The van der Waals surface area contributed by atoms with Gasteiger partial charge in [-0.3, -0.25) is 9.59 Å². The molecule has 3 aromatic rings. The number of aryl methyl sites for hydroxylation is 1. The fourth-order valence-electron chi connectivity index (χ4n) is 4.12. The van der Waals surface area contributed by atoms with Crippen LogP contribution in [0.3, 0.4) is 0 Å².